The van der Waals surface area contributed by atoms with E-state index in [0.29, 0.717) is 0 Å². The van der Waals surface area contributed by atoms with E-state index >= 15 is 0 Å². The lowest BCUT2D eigenvalue weighted by atomic mass is 9.68. The van der Waals surface area contributed by atoms with Gasteiger partial charge >= 0.3 is 0 Å². The van der Waals surface area contributed by atoms with Crippen LogP contribution in [0.3, 0.4) is 0 Å². The third-order valence-electron chi connectivity index (χ3n) is 6.64. The van der Waals surface area contributed by atoms with Crippen LogP contribution in [0.4, 0.5) is 5.69 Å². The average Bonchev–Trinajstić information content (AvgIpc) is 2.75. The van der Waals surface area contributed by atoms with Crippen LogP contribution in [0.2, 0.25) is 0 Å². The molecule has 0 spiro atoms. The summed E-state index contributed by atoms with van der Waals surface area (Å²) < 4.78 is 0. The van der Waals surface area contributed by atoms with Crippen LogP contribution in [0.15, 0.2) is 60.7 Å². The largest absolute Gasteiger partial charge is 0.369 e. The molecule has 0 amide bonds. The molecule has 4 heteroatoms. The second-order valence-electron chi connectivity index (χ2n) is 7.94. The minimum Gasteiger partial charge on any atom is -0.369 e. The second kappa shape index (κ2) is 9.09. The van der Waals surface area contributed by atoms with Crippen LogP contribution < -0.4 is 10.6 Å². The zero-order valence-electron chi connectivity index (χ0n) is 16.1. The highest BCUT2D eigenvalue weighted by atomic mass is 35.5. The van der Waals surface area contributed by atoms with Crippen LogP contribution >= 0.6 is 12.4 Å². The van der Waals surface area contributed by atoms with Gasteiger partial charge in [0.25, 0.3) is 0 Å². The van der Waals surface area contributed by atoms with Gasteiger partial charge in [-0.1, -0.05) is 48.5 Å². The van der Waals surface area contributed by atoms with Crippen LogP contribution in [0.5, 0.6) is 0 Å². The number of halogens is 1. The van der Waals surface area contributed by atoms with E-state index in [9.17, 15) is 0 Å². The Morgan fingerprint density at radius 2 is 1.37 bits per heavy atom. The molecule has 27 heavy (non-hydrogen) atoms. The number of para-hydroxylation sites is 1. The van der Waals surface area contributed by atoms with Crippen LogP contribution in [0, 0.1) is 0 Å². The Morgan fingerprint density at radius 1 is 0.815 bits per heavy atom. The van der Waals surface area contributed by atoms with Gasteiger partial charge < -0.3 is 10.6 Å². The van der Waals surface area contributed by atoms with E-state index in [0.717, 1.165) is 25.7 Å². The summed E-state index contributed by atoms with van der Waals surface area (Å²) in [6, 6.07) is 22.5. The van der Waals surface area contributed by atoms with Gasteiger partial charge in [-0.15, -0.1) is 12.4 Å². The number of piperazine rings is 1. The van der Waals surface area contributed by atoms with Crippen LogP contribution in [0.1, 0.15) is 31.2 Å². The quantitative estimate of drug-likeness (QED) is 0.861. The van der Waals surface area contributed by atoms with Gasteiger partial charge in [0.2, 0.25) is 0 Å². The van der Waals surface area contributed by atoms with Crippen molar-refractivity contribution >= 4 is 18.1 Å². The predicted octanol–water partition coefficient (Wildman–Crippen LogP) is 4.07. The van der Waals surface area contributed by atoms with E-state index in [4.69, 9.17) is 5.73 Å². The van der Waals surface area contributed by atoms with Crippen molar-refractivity contribution in [3.05, 3.63) is 66.2 Å². The van der Waals surface area contributed by atoms with Crippen molar-refractivity contribution in [1.82, 2.24) is 4.90 Å². The van der Waals surface area contributed by atoms with Crippen LogP contribution in [-0.4, -0.2) is 43.7 Å². The normalized spacial score (nSPS) is 26.4. The molecule has 2 aromatic rings. The zero-order valence-corrected chi connectivity index (χ0v) is 16.9. The van der Waals surface area contributed by atoms with Gasteiger partial charge in [-0.05, 0) is 43.4 Å². The van der Waals surface area contributed by atoms with E-state index in [2.05, 4.69) is 70.5 Å². The molecule has 1 aliphatic heterocycles. The third-order valence-corrected chi connectivity index (χ3v) is 6.64. The van der Waals surface area contributed by atoms with Crippen molar-refractivity contribution in [3.63, 3.8) is 0 Å². The number of benzene rings is 2. The van der Waals surface area contributed by atoms with E-state index < -0.39 is 0 Å². The summed E-state index contributed by atoms with van der Waals surface area (Å²) in [6.45, 7) is 5.41. The molecule has 2 aromatic carbocycles. The van der Waals surface area contributed by atoms with Crippen molar-refractivity contribution < 1.29 is 0 Å². The Balaban J connectivity index is 0.00000210. The first-order chi connectivity index (χ1) is 12.8. The summed E-state index contributed by atoms with van der Waals surface area (Å²) in [5.74, 6) is 0. The average molecular weight is 386 g/mol. The Bertz CT molecular complexity index is 675. The summed E-state index contributed by atoms with van der Waals surface area (Å²) in [5.41, 5.74) is 9.26. The Morgan fingerprint density at radius 3 is 1.93 bits per heavy atom. The number of hydrogen-bond donors (Lipinski definition) is 1. The maximum Gasteiger partial charge on any atom is 0.0367 e. The van der Waals surface area contributed by atoms with Crippen LogP contribution in [-0.2, 0) is 5.41 Å². The fourth-order valence-electron chi connectivity index (χ4n) is 4.91. The molecular weight excluding hydrogens is 354 g/mol. The van der Waals surface area contributed by atoms with E-state index in [1.54, 1.807) is 0 Å². The highest BCUT2D eigenvalue weighted by Gasteiger charge is 2.37. The number of hydrogen-bond acceptors (Lipinski definition) is 3. The van der Waals surface area contributed by atoms with E-state index in [1.807, 2.05) is 0 Å². The van der Waals surface area contributed by atoms with Crippen molar-refractivity contribution in [2.75, 3.05) is 37.6 Å². The highest BCUT2D eigenvalue weighted by Crippen LogP contribution is 2.40. The first kappa shape index (κ1) is 20.2. The summed E-state index contributed by atoms with van der Waals surface area (Å²) in [4.78, 5) is 5.25. The molecule has 1 aliphatic carbocycles. The van der Waals surface area contributed by atoms with Gasteiger partial charge in [0, 0.05) is 49.9 Å². The molecule has 0 atom stereocenters. The third kappa shape index (κ3) is 4.31. The second-order valence-corrected chi connectivity index (χ2v) is 7.94. The molecule has 1 heterocycles. The fourth-order valence-corrected chi connectivity index (χ4v) is 4.91. The number of rotatable bonds is 4. The minimum absolute atomic E-state index is 0. The van der Waals surface area contributed by atoms with Crippen LogP contribution in [0.25, 0.3) is 0 Å². The molecule has 2 N–H and O–H groups in total. The Kier molecular flexibility index (Phi) is 6.80. The molecule has 4 rings (SSSR count). The molecule has 2 fully saturated rings. The number of anilines is 1. The van der Waals surface area contributed by atoms with E-state index in [-0.39, 0.29) is 17.8 Å². The van der Waals surface area contributed by atoms with E-state index in [1.165, 1.54) is 50.0 Å². The highest BCUT2D eigenvalue weighted by molar-refractivity contribution is 5.85. The molecule has 0 bridgehead atoms. The summed E-state index contributed by atoms with van der Waals surface area (Å²) in [5, 5.41) is 0. The zero-order chi connectivity index (χ0) is 17.8. The maximum atomic E-state index is 6.26. The molecule has 2 aliphatic rings. The molecule has 0 radical (unpaired) electrons. The summed E-state index contributed by atoms with van der Waals surface area (Å²) >= 11 is 0. The Labute approximate surface area is 170 Å². The van der Waals surface area contributed by atoms with Crippen molar-refractivity contribution in [2.45, 2.75) is 37.1 Å². The first-order valence-electron chi connectivity index (χ1n) is 10.1. The van der Waals surface area contributed by atoms with Gasteiger partial charge in [-0.25, -0.2) is 0 Å². The monoisotopic (exact) mass is 385 g/mol. The van der Waals surface area contributed by atoms with Gasteiger partial charge in [0.05, 0.1) is 0 Å². The van der Waals surface area contributed by atoms with Crippen molar-refractivity contribution in [3.8, 4) is 0 Å². The minimum atomic E-state index is 0. The molecular formula is C23H32ClN3. The predicted molar refractivity (Wildman–Crippen MR) is 117 cm³/mol. The Hall–Kier alpha value is -1.55. The van der Waals surface area contributed by atoms with Crippen molar-refractivity contribution in [1.29, 1.82) is 0 Å². The topological polar surface area (TPSA) is 32.5 Å². The lowest BCUT2D eigenvalue weighted by Gasteiger charge is -2.46. The molecule has 3 nitrogen and oxygen atoms in total. The lowest BCUT2D eigenvalue weighted by molar-refractivity contribution is 0.119. The van der Waals surface area contributed by atoms with Gasteiger partial charge in [0.15, 0.2) is 0 Å². The maximum absolute atomic E-state index is 6.26. The lowest BCUT2D eigenvalue weighted by Crippen LogP contribution is -2.53. The molecule has 1 saturated heterocycles. The number of nitrogens with two attached hydrogens (primary N) is 1. The standard InChI is InChI=1S/C23H31N3.ClH/c24-19-23(20-7-3-1-4-8-20)13-11-22(12-14-23)26-17-15-25(16-18-26)21-9-5-2-6-10-21;/h1-10,22H,11-19,24H2;1H. The number of nitrogens with zero attached hydrogens (tertiary/aromatic N) is 2. The van der Waals surface area contributed by atoms with Gasteiger partial charge in [-0.2, -0.15) is 0 Å². The first-order valence-corrected chi connectivity index (χ1v) is 10.1. The molecule has 1 saturated carbocycles. The smallest absolute Gasteiger partial charge is 0.0367 e. The molecule has 146 valence electrons. The van der Waals surface area contributed by atoms with Crippen molar-refractivity contribution in [2.24, 2.45) is 5.73 Å². The molecule has 0 unspecified atom stereocenters. The van der Waals surface area contributed by atoms with Gasteiger partial charge in [-0.3, -0.25) is 4.90 Å². The summed E-state index contributed by atoms with van der Waals surface area (Å²) in [6.07, 6.45) is 4.99. The fraction of sp³-hybridized carbons (Fsp3) is 0.478. The molecule has 0 aromatic heterocycles. The summed E-state index contributed by atoms with van der Waals surface area (Å²) in [7, 11) is 0. The van der Waals surface area contributed by atoms with Gasteiger partial charge in [0.1, 0.15) is 0 Å². The SMILES string of the molecule is Cl.NCC1(c2ccccc2)CCC(N2CCN(c3ccccc3)CC2)CC1.